The predicted molar refractivity (Wildman–Crippen MR) is 101 cm³/mol. The maximum atomic E-state index is 13.3. The van der Waals surface area contributed by atoms with E-state index in [2.05, 4.69) is 0 Å². The van der Waals surface area contributed by atoms with Crippen LogP contribution in [-0.4, -0.2) is 46.5 Å². The van der Waals surface area contributed by atoms with Crippen molar-refractivity contribution in [2.45, 2.75) is 25.2 Å². The molecule has 0 saturated carbocycles. The molecule has 0 spiro atoms. The van der Waals surface area contributed by atoms with Crippen LogP contribution in [0.15, 0.2) is 35.2 Å². The van der Waals surface area contributed by atoms with E-state index >= 15 is 0 Å². The molecule has 0 saturated heterocycles. The molecule has 24 heavy (non-hydrogen) atoms. The first-order chi connectivity index (χ1) is 11.4. The van der Waals surface area contributed by atoms with Crippen LogP contribution in [0.2, 0.25) is 0 Å². The quantitative estimate of drug-likeness (QED) is 0.834. The zero-order valence-corrected chi connectivity index (χ0v) is 15.7. The van der Waals surface area contributed by atoms with Crippen molar-refractivity contribution < 1.29 is 8.42 Å². The molecule has 132 valence electrons. The molecule has 0 radical (unpaired) electrons. The van der Waals surface area contributed by atoms with Crippen LogP contribution < -0.4 is 10.6 Å². The summed E-state index contributed by atoms with van der Waals surface area (Å²) in [5, 5.41) is 1.72. The first-order valence-electron chi connectivity index (χ1n) is 8.30. The maximum absolute atomic E-state index is 13.3. The van der Waals surface area contributed by atoms with Crippen LogP contribution in [0, 0.1) is 0 Å². The third-order valence-electron chi connectivity index (χ3n) is 4.26. The molecular weight excluding hydrogens is 322 g/mol. The second-order valence-electron chi connectivity index (χ2n) is 5.96. The number of nitrogens with zero attached hydrogens (tertiary/aromatic N) is 2. The minimum atomic E-state index is -3.59. The van der Waals surface area contributed by atoms with Crippen molar-refractivity contribution in [2.24, 2.45) is 5.73 Å². The highest BCUT2D eigenvalue weighted by Gasteiger charge is 2.27. The molecule has 0 aliphatic carbocycles. The van der Waals surface area contributed by atoms with E-state index in [-0.39, 0.29) is 0 Å². The molecule has 5 nitrogen and oxygen atoms in total. The van der Waals surface area contributed by atoms with Crippen LogP contribution in [0.1, 0.15) is 19.4 Å². The molecule has 0 fully saturated rings. The normalized spacial score (nSPS) is 12.1. The van der Waals surface area contributed by atoms with Gasteiger partial charge in [0.25, 0.3) is 0 Å². The molecule has 2 aromatic carbocycles. The molecule has 0 amide bonds. The number of rotatable bonds is 7. The molecule has 2 rings (SSSR count). The Morgan fingerprint density at radius 3 is 2.29 bits per heavy atom. The zero-order chi connectivity index (χ0) is 17.9. The van der Waals surface area contributed by atoms with E-state index in [1.165, 1.54) is 4.31 Å². The topological polar surface area (TPSA) is 66.6 Å². The fourth-order valence-corrected chi connectivity index (χ4v) is 5.00. The molecule has 0 unspecified atom stereocenters. The minimum Gasteiger partial charge on any atom is -0.377 e. The summed E-state index contributed by atoms with van der Waals surface area (Å²) in [6.45, 7) is 4.87. The number of hydrogen-bond acceptors (Lipinski definition) is 4. The first-order valence-corrected chi connectivity index (χ1v) is 9.74. The van der Waals surface area contributed by atoms with Crippen molar-refractivity contribution >= 4 is 26.5 Å². The Morgan fingerprint density at radius 1 is 1.04 bits per heavy atom. The number of nitrogens with two attached hydrogens (primary N) is 1. The Balaban J connectivity index is 2.83. The fraction of sp³-hybridized carbons (Fsp3) is 0.444. The Morgan fingerprint density at radius 2 is 1.75 bits per heavy atom. The summed E-state index contributed by atoms with van der Waals surface area (Å²) < 4.78 is 28.0. The number of fused-ring (bicyclic) bond motifs is 1. The summed E-state index contributed by atoms with van der Waals surface area (Å²) in [4.78, 5) is 2.42. The summed E-state index contributed by atoms with van der Waals surface area (Å²) in [6.07, 6.45) is 0.664. The van der Waals surface area contributed by atoms with Gasteiger partial charge in [-0.05, 0) is 18.1 Å². The van der Waals surface area contributed by atoms with Gasteiger partial charge in [-0.15, -0.1) is 0 Å². The van der Waals surface area contributed by atoms with Gasteiger partial charge in [0, 0.05) is 50.2 Å². The molecular formula is C18H27N3O2S. The van der Waals surface area contributed by atoms with Gasteiger partial charge in [0.2, 0.25) is 10.0 Å². The third kappa shape index (κ3) is 3.27. The van der Waals surface area contributed by atoms with Crippen molar-refractivity contribution in [1.29, 1.82) is 0 Å². The fourth-order valence-electron chi connectivity index (χ4n) is 3.05. The van der Waals surface area contributed by atoms with Gasteiger partial charge in [0.05, 0.1) is 4.90 Å². The number of aryl methyl sites for hydroxylation is 1. The predicted octanol–water partition coefficient (Wildman–Crippen LogP) is 2.44. The third-order valence-corrected chi connectivity index (χ3v) is 6.38. The molecule has 0 aliphatic rings. The van der Waals surface area contributed by atoms with Crippen LogP contribution in [0.25, 0.3) is 10.8 Å². The highest BCUT2D eigenvalue weighted by atomic mass is 32.2. The van der Waals surface area contributed by atoms with Gasteiger partial charge in [-0.1, -0.05) is 38.1 Å². The Bertz CT molecular complexity index is 816. The highest BCUT2D eigenvalue weighted by molar-refractivity contribution is 7.89. The lowest BCUT2D eigenvalue weighted by molar-refractivity contribution is 0.435. The van der Waals surface area contributed by atoms with Crippen LogP contribution >= 0.6 is 0 Å². The smallest absolute Gasteiger partial charge is 0.243 e. The molecule has 0 atom stereocenters. The van der Waals surface area contributed by atoms with E-state index in [1.54, 1.807) is 0 Å². The molecule has 2 aromatic rings. The van der Waals surface area contributed by atoms with Gasteiger partial charge >= 0.3 is 0 Å². The lowest BCUT2D eigenvalue weighted by Gasteiger charge is -2.24. The summed E-state index contributed by atoms with van der Waals surface area (Å²) in [5.74, 6) is 0. The van der Waals surface area contributed by atoms with E-state index in [4.69, 9.17) is 5.73 Å². The summed E-state index contributed by atoms with van der Waals surface area (Å²) in [6, 6.07) is 9.75. The largest absolute Gasteiger partial charge is 0.377 e. The SMILES string of the molecule is CCc1ccc2c(N(C)C)cccc2c1S(=O)(=O)N(CC)CCN. The summed E-state index contributed by atoms with van der Waals surface area (Å²) in [7, 11) is 0.333. The average molecular weight is 350 g/mol. The van der Waals surface area contributed by atoms with Crippen molar-refractivity contribution in [2.75, 3.05) is 38.6 Å². The van der Waals surface area contributed by atoms with Crippen LogP contribution in [0.5, 0.6) is 0 Å². The number of sulfonamides is 1. The van der Waals surface area contributed by atoms with Gasteiger partial charge in [-0.3, -0.25) is 0 Å². The van der Waals surface area contributed by atoms with Gasteiger partial charge < -0.3 is 10.6 Å². The van der Waals surface area contributed by atoms with Crippen molar-refractivity contribution in [3.05, 3.63) is 35.9 Å². The molecule has 6 heteroatoms. The van der Waals surface area contributed by atoms with Crippen molar-refractivity contribution in [1.82, 2.24) is 4.31 Å². The summed E-state index contributed by atoms with van der Waals surface area (Å²) in [5.41, 5.74) is 7.46. The molecule has 0 heterocycles. The molecule has 2 N–H and O–H groups in total. The Kier molecular flexibility index (Phi) is 5.85. The van der Waals surface area contributed by atoms with Gasteiger partial charge in [0.1, 0.15) is 0 Å². The van der Waals surface area contributed by atoms with Crippen LogP contribution in [-0.2, 0) is 16.4 Å². The number of anilines is 1. The standard InChI is InChI=1S/C18H27N3O2S/c1-5-14-10-11-15-16(8-7-9-17(15)20(3)4)18(14)24(22,23)21(6-2)13-12-19/h7-11H,5-6,12-13,19H2,1-4H3. The maximum Gasteiger partial charge on any atom is 0.243 e. The minimum absolute atomic E-state index is 0.308. The van der Waals surface area contributed by atoms with E-state index in [0.29, 0.717) is 31.0 Å². The lowest BCUT2D eigenvalue weighted by Crippen LogP contribution is -2.35. The average Bonchev–Trinajstić information content (AvgIpc) is 2.57. The highest BCUT2D eigenvalue weighted by Crippen LogP contribution is 2.34. The number of hydrogen-bond donors (Lipinski definition) is 1. The number of likely N-dealkylation sites (N-methyl/N-ethyl adjacent to an activating group) is 1. The monoisotopic (exact) mass is 349 g/mol. The van der Waals surface area contributed by atoms with Crippen LogP contribution in [0.4, 0.5) is 5.69 Å². The van der Waals surface area contributed by atoms with Gasteiger partial charge in [-0.2, -0.15) is 4.31 Å². The zero-order valence-electron chi connectivity index (χ0n) is 14.9. The van der Waals surface area contributed by atoms with E-state index in [0.717, 1.165) is 22.0 Å². The van der Waals surface area contributed by atoms with Crippen LogP contribution in [0.3, 0.4) is 0 Å². The van der Waals surface area contributed by atoms with Gasteiger partial charge in [-0.25, -0.2) is 8.42 Å². The molecule has 0 aromatic heterocycles. The second kappa shape index (κ2) is 7.51. The summed E-state index contributed by atoms with van der Waals surface area (Å²) >= 11 is 0. The Labute approximate surface area is 145 Å². The van der Waals surface area contributed by atoms with E-state index < -0.39 is 10.0 Å². The molecule has 0 aliphatic heterocycles. The molecule has 0 bridgehead atoms. The first kappa shape index (κ1) is 18.7. The number of benzene rings is 2. The van der Waals surface area contributed by atoms with Gasteiger partial charge in [0.15, 0.2) is 0 Å². The second-order valence-corrected chi connectivity index (χ2v) is 7.83. The van der Waals surface area contributed by atoms with E-state index in [9.17, 15) is 8.42 Å². The Hall–Kier alpha value is -1.63. The van der Waals surface area contributed by atoms with Crippen molar-refractivity contribution in [3.63, 3.8) is 0 Å². The van der Waals surface area contributed by atoms with Crippen molar-refractivity contribution in [3.8, 4) is 0 Å². The lowest BCUT2D eigenvalue weighted by atomic mass is 10.0. The van der Waals surface area contributed by atoms with E-state index in [1.807, 2.05) is 63.2 Å².